The molecule has 0 aliphatic heterocycles. The van der Waals surface area contributed by atoms with Gasteiger partial charge in [-0.1, -0.05) is 0 Å². The Bertz CT molecular complexity index is 335. The van der Waals surface area contributed by atoms with E-state index in [0.29, 0.717) is 12.5 Å². The number of halogens is 2. The van der Waals surface area contributed by atoms with Gasteiger partial charge >= 0.3 is 0 Å². The molecule has 0 radical (unpaired) electrons. The normalized spacial score (nSPS) is 11.2. The number of anilines is 1. The van der Waals surface area contributed by atoms with E-state index >= 15 is 0 Å². The third kappa shape index (κ3) is 3.93. The number of hydrogen-bond donors (Lipinski definition) is 2. The molecule has 1 heterocycles. The topological polar surface area (TPSA) is 73.1 Å². The second-order valence-electron chi connectivity index (χ2n) is 3.09. The van der Waals surface area contributed by atoms with Crippen LogP contribution in [0.15, 0.2) is 12.4 Å². The Morgan fingerprint density at radius 1 is 1.50 bits per heavy atom. The summed E-state index contributed by atoms with van der Waals surface area (Å²) in [6.45, 7) is 0.989. The number of nitrogens with one attached hydrogen (secondary N) is 1. The standard InChI is InChI=1S/C9H14F2N4O/c1-2-16-8-3-7(14-6-15-8)13-5-9(10,11)4-12/h3,6H,2,4-5,12H2,1H3,(H,13,14,15). The maximum Gasteiger partial charge on any atom is 0.276 e. The lowest BCUT2D eigenvalue weighted by Gasteiger charge is -2.14. The number of nitrogens with two attached hydrogens (primary N) is 1. The van der Waals surface area contributed by atoms with Crippen molar-refractivity contribution in [2.45, 2.75) is 12.8 Å². The van der Waals surface area contributed by atoms with Crippen LogP contribution in [0.2, 0.25) is 0 Å². The average molecular weight is 232 g/mol. The van der Waals surface area contributed by atoms with Crippen molar-refractivity contribution in [1.82, 2.24) is 9.97 Å². The summed E-state index contributed by atoms with van der Waals surface area (Å²) in [6, 6.07) is 1.45. The molecule has 0 saturated heterocycles. The number of hydrogen-bond acceptors (Lipinski definition) is 5. The fourth-order valence-corrected chi connectivity index (χ4v) is 0.955. The predicted molar refractivity (Wildman–Crippen MR) is 55.7 cm³/mol. The summed E-state index contributed by atoms with van der Waals surface area (Å²) in [6.07, 6.45) is 1.24. The second kappa shape index (κ2) is 5.55. The molecule has 0 bridgehead atoms. The van der Waals surface area contributed by atoms with Gasteiger partial charge in [0.1, 0.15) is 12.1 Å². The van der Waals surface area contributed by atoms with Crippen LogP contribution in [0, 0.1) is 0 Å². The Labute approximate surface area is 92.0 Å². The largest absolute Gasteiger partial charge is 0.478 e. The quantitative estimate of drug-likeness (QED) is 0.761. The molecule has 0 saturated carbocycles. The van der Waals surface area contributed by atoms with Gasteiger partial charge in [0, 0.05) is 6.07 Å². The van der Waals surface area contributed by atoms with Crippen molar-refractivity contribution in [3.63, 3.8) is 0 Å². The molecule has 1 rings (SSSR count). The van der Waals surface area contributed by atoms with Gasteiger partial charge in [-0.25, -0.2) is 18.7 Å². The highest BCUT2D eigenvalue weighted by molar-refractivity contribution is 5.37. The first-order valence-corrected chi connectivity index (χ1v) is 4.84. The zero-order valence-electron chi connectivity index (χ0n) is 8.91. The van der Waals surface area contributed by atoms with E-state index in [-0.39, 0.29) is 5.82 Å². The number of nitrogens with zero attached hydrogens (tertiary/aromatic N) is 2. The first-order valence-electron chi connectivity index (χ1n) is 4.84. The number of ether oxygens (including phenoxy) is 1. The van der Waals surface area contributed by atoms with Crippen molar-refractivity contribution in [3.05, 3.63) is 12.4 Å². The molecule has 0 aliphatic carbocycles. The maximum atomic E-state index is 12.8. The van der Waals surface area contributed by atoms with Crippen molar-refractivity contribution in [2.24, 2.45) is 5.73 Å². The molecular formula is C9H14F2N4O. The number of rotatable bonds is 6. The molecular weight excluding hydrogens is 218 g/mol. The zero-order chi connectivity index (χ0) is 12.0. The van der Waals surface area contributed by atoms with Crippen LogP contribution in [0.25, 0.3) is 0 Å². The molecule has 0 aliphatic rings. The van der Waals surface area contributed by atoms with Crippen LogP contribution < -0.4 is 15.8 Å². The van der Waals surface area contributed by atoms with Crippen LogP contribution in [-0.4, -0.2) is 35.6 Å². The molecule has 7 heteroatoms. The SMILES string of the molecule is CCOc1cc(NCC(F)(F)CN)ncn1. The van der Waals surface area contributed by atoms with E-state index in [2.05, 4.69) is 15.3 Å². The number of aromatic nitrogens is 2. The van der Waals surface area contributed by atoms with Gasteiger partial charge in [0.25, 0.3) is 5.92 Å². The Morgan fingerprint density at radius 3 is 2.88 bits per heavy atom. The lowest BCUT2D eigenvalue weighted by Crippen LogP contribution is -2.35. The van der Waals surface area contributed by atoms with E-state index in [1.165, 1.54) is 12.4 Å². The van der Waals surface area contributed by atoms with Crippen molar-refractivity contribution in [3.8, 4) is 5.88 Å². The van der Waals surface area contributed by atoms with Crippen molar-refractivity contribution < 1.29 is 13.5 Å². The van der Waals surface area contributed by atoms with Crippen LogP contribution in [0.4, 0.5) is 14.6 Å². The highest BCUT2D eigenvalue weighted by atomic mass is 19.3. The molecule has 90 valence electrons. The third-order valence-electron chi connectivity index (χ3n) is 1.76. The van der Waals surface area contributed by atoms with Crippen LogP contribution >= 0.6 is 0 Å². The van der Waals surface area contributed by atoms with E-state index < -0.39 is 19.0 Å². The van der Waals surface area contributed by atoms with E-state index in [1.807, 2.05) is 0 Å². The summed E-state index contributed by atoms with van der Waals surface area (Å²) in [5.74, 6) is -2.32. The Hall–Kier alpha value is -1.50. The molecule has 16 heavy (non-hydrogen) atoms. The number of alkyl halides is 2. The second-order valence-corrected chi connectivity index (χ2v) is 3.09. The van der Waals surface area contributed by atoms with Gasteiger partial charge in [0.2, 0.25) is 5.88 Å². The minimum Gasteiger partial charge on any atom is -0.478 e. The van der Waals surface area contributed by atoms with Crippen molar-refractivity contribution in [2.75, 3.05) is 25.0 Å². The highest BCUT2D eigenvalue weighted by Crippen LogP contribution is 2.14. The molecule has 0 aromatic carbocycles. The fourth-order valence-electron chi connectivity index (χ4n) is 0.955. The Morgan fingerprint density at radius 2 is 2.25 bits per heavy atom. The lowest BCUT2D eigenvalue weighted by molar-refractivity contribution is 0.0253. The minimum atomic E-state index is -2.95. The van der Waals surface area contributed by atoms with E-state index in [1.54, 1.807) is 6.92 Å². The van der Waals surface area contributed by atoms with Crippen molar-refractivity contribution in [1.29, 1.82) is 0 Å². The van der Waals surface area contributed by atoms with E-state index in [4.69, 9.17) is 10.5 Å². The van der Waals surface area contributed by atoms with E-state index in [9.17, 15) is 8.78 Å². The first-order chi connectivity index (χ1) is 7.57. The maximum absolute atomic E-state index is 12.8. The lowest BCUT2D eigenvalue weighted by atomic mass is 10.3. The minimum absolute atomic E-state index is 0.284. The smallest absolute Gasteiger partial charge is 0.276 e. The van der Waals surface area contributed by atoms with Gasteiger partial charge in [-0.15, -0.1) is 0 Å². The van der Waals surface area contributed by atoms with Crippen LogP contribution in [0.1, 0.15) is 6.92 Å². The highest BCUT2D eigenvalue weighted by Gasteiger charge is 2.26. The van der Waals surface area contributed by atoms with Crippen LogP contribution in [0.5, 0.6) is 5.88 Å². The van der Waals surface area contributed by atoms with Gasteiger partial charge in [0.15, 0.2) is 0 Å². The monoisotopic (exact) mass is 232 g/mol. The summed E-state index contributed by atoms with van der Waals surface area (Å²) < 4.78 is 30.8. The molecule has 0 fully saturated rings. The summed E-state index contributed by atoms with van der Waals surface area (Å²) in [4.78, 5) is 7.59. The van der Waals surface area contributed by atoms with Gasteiger partial charge in [-0.3, -0.25) is 0 Å². The van der Waals surface area contributed by atoms with Crippen LogP contribution in [0.3, 0.4) is 0 Å². The summed E-state index contributed by atoms with van der Waals surface area (Å²) in [5.41, 5.74) is 4.90. The molecule has 1 aromatic heterocycles. The van der Waals surface area contributed by atoms with Gasteiger partial charge in [0.05, 0.1) is 19.7 Å². The van der Waals surface area contributed by atoms with Gasteiger partial charge in [-0.2, -0.15) is 0 Å². The average Bonchev–Trinajstić information content (AvgIpc) is 2.28. The first kappa shape index (κ1) is 12.6. The summed E-state index contributed by atoms with van der Waals surface area (Å²) in [7, 11) is 0. The summed E-state index contributed by atoms with van der Waals surface area (Å²) >= 11 is 0. The van der Waals surface area contributed by atoms with Gasteiger partial charge in [-0.05, 0) is 6.92 Å². The predicted octanol–water partition coefficient (Wildman–Crippen LogP) is 0.881. The third-order valence-corrected chi connectivity index (χ3v) is 1.76. The van der Waals surface area contributed by atoms with Crippen LogP contribution in [-0.2, 0) is 0 Å². The summed E-state index contributed by atoms with van der Waals surface area (Å²) in [5, 5.41) is 2.47. The molecule has 0 unspecified atom stereocenters. The molecule has 1 aromatic rings. The Balaban J connectivity index is 2.57. The molecule has 0 atom stereocenters. The molecule has 0 spiro atoms. The fraction of sp³-hybridized carbons (Fsp3) is 0.556. The van der Waals surface area contributed by atoms with Gasteiger partial charge < -0.3 is 15.8 Å². The Kier molecular flexibility index (Phi) is 4.36. The molecule has 5 nitrogen and oxygen atoms in total. The zero-order valence-corrected chi connectivity index (χ0v) is 8.91. The van der Waals surface area contributed by atoms with Crippen molar-refractivity contribution >= 4 is 5.82 Å². The van der Waals surface area contributed by atoms with E-state index in [0.717, 1.165) is 0 Å². The molecule has 3 N–H and O–H groups in total. The molecule has 0 amide bonds.